The van der Waals surface area contributed by atoms with Crippen molar-refractivity contribution in [2.24, 2.45) is 0 Å². The molecule has 0 atom stereocenters. The van der Waals surface area contributed by atoms with Gasteiger partial charge in [0.1, 0.15) is 0 Å². The molecule has 1 rings (SSSR count). The van der Waals surface area contributed by atoms with Crippen molar-refractivity contribution < 1.29 is 8.78 Å². The normalized spacial score (nSPS) is 10.9. The van der Waals surface area contributed by atoms with Crippen molar-refractivity contribution in [2.45, 2.75) is 0 Å². The van der Waals surface area contributed by atoms with Gasteiger partial charge < -0.3 is 0 Å². The molecule has 0 fully saturated rings. The van der Waals surface area contributed by atoms with E-state index in [0.29, 0.717) is 0 Å². The quantitative estimate of drug-likeness (QED) is 0.515. The molecule has 0 radical (unpaired) electrons. The van der Waals surface area contributed by atoms with Crippen LogP contribution in [-0.4, -0.2) is 10.9 Å². The van der Waals surface area contributed by atoms with Crippen molar-refractivity contribution in [3.8, 4) is 0 Å². The molecule has 0 unspecified atom stereocenters. The van der Waals surface area contributed by atoms with Crippen LogP contribution in [0.4, 0.5) is 8.78 Å². The SMILES string of the molecule is Fc1ccc(C=CCCl)c(F)n1. The third-order valence-corrected chi connectivity index (χ3v) is 1.41. The lowest BCUT2D eigenvalue weighted by atomic mass is 10.2. The average Bonchev–Trinajstić information content (AvgIpc) is 2.03. The van der Waals surface area contributed by atoms with Gasteiger partial charge in [-0.05, 0) is 12.1 Å². The van der Waals surface area contributed by atoms with E-state index in [1.54, 1.807) is 6.08 Å². The van der Waals surface area contributed by atoms with E-state index in [1.807, 2.05) is 0 Å². The van der Waals surface area contributed by atoms with Gasteiger partial charge in [0.15, 0.2) is 0 Å². The summed E-state index contributed by atoms with van der Waals surface area (Å²) in [5.74, 6) is -1.36. The molecule has 12 heavy (non-hydrogen) atoms. The highest BCUT2D eigenvalue weighted by molar-refractivity contribution is 6.19. The Bertz CT molecular complexity index is 299. The van der Waals surface area contributed by atoms with Crippen LogP contribution in [0.2, 0.25) is 0 Å². The van der Waals surface area contributed by atoms with Gasteiger partial charge >= 0.3 is 0 Å². The lowest BCUT2D eigenvalue weighted by Gasteiger charge is -1.94. The maximum atomic E-state index is 12.7. The van der Waals surface area contributed by atoms with Crippen LogP contribution < -0.4 is 0 Å². The van der Waals surface area contributed by atoms with Gasteiger partial charge in [0.05, 0.1) is 0 Å². The highest BCUT2D eigenvalue weighted by atomic mass is 35.5. The van der Waals surface area contributed by atoms with Gasteiger partial charge in [-0.25, -0.2) is 0 Å². The first-order valence-electron chi connectivity index (χ1n) is 3.28. The lowest BCUT2D eigenvalue weighted by molar-refractivity contribution is 0.511. The summed E-state index contributed by atoms with van der Waals surface area (Å²) in [7, 11) is 0. The first-order chi connectivity index (χ1) is 5.74. The second-order valence-corrected chi connectivity index (χ2v) is 2.38. The van der Waals surface area contributed by atoms with Gasteiger partial charge in [-0.2, -0.15) is 13.8 Å². The Kier molecular flexibility index (Phi) is 3.17. The van der Waals surface area contributed by atoms with Crippen LogP contribution in [0, 0.1) is 11.9 Å². The fourth-order valence-corrected chi connectivity index (χ4v) is 0.808. The molecule has 1 aromatic heterocycles. The summed E-state index contributed by atoms with van der Waals surface area (Å²) in [6.45, 7) is 0. The molecular formula is C8H6ClF2N. The number of hydrogen-bond donors (Lipinski definition) is 0. The number of allylic oxidation sites excluding steroid dienone is 1. The summed E-state index contributed by atoms with van der Waals surface area (Å²) in [5.41, 5.74) is 0.233. The molecule has 1 nitrogen and oxygen atoms in total. The van der Waals surface area contributed by atoms with E-state index < -0.39 is 11.9 Å². The Balaban J connectivity index is 2.94. The van der Waals surface area contributed by atoms with E-state index in [4.69, 9.17) is 11.6 Å². The van der Waals surface area contributed by atoms with Gasteiger partial charge in [-0.1, -0.05) is 12.2 Å². The summed E-state index contributed by atoms with van der Waals surface area (Å²) in [6.07, 6.45) is 3.01. The number of alkyl halides is 1. The standard InChI is InChI=1S/C8H6ClF2N/c9-5-1-2-6-3-4-7(10)12-8(6)11/h1-4H,5H2. The van der Waals surface area contributed by atoms with Crippen molar-refractivity contribution >= 4 is 17.7 Å². The van der Waals surface area contributed by atoms with Crippen LogP contribution in [0.1, 0.15) is 5.56 Å². The van der Waals surface area contributed by atoms with Crippen molar-refractivity contribution in [1.82, 2.24) is 4.98 Å². The van der Waals surface area contributed by atoms with Crippen molar-refractivity contribution in [2.75, 3.05) is 5.88 Å². The van der Waals surface area contributed by atoms with E-state index in [1.165, 1.54) is 12.1 Å². The van der Waals surface area contributed by atoms with Gasteiger partial charge in [-0.3, -0.25) is 0 Å². The number of halogens is 3. The van der Waals surface area contributed by atoms with Crippen molar-refractivity contribution in [1.29, 1.82) is 0 Å². The predicted molar refractivity (Wildman–Crippen MR) is 43.9 cm³/mol. The number of aromatic nitrogens is 1. The zero-order chi connectivity index (χ0) is 8.97. The maximum absolute atomic E-state index is 12.7. The highest BCUT2D eigenvalue weighted by Crippen LogP contribution is 2.07. The molecule has 0 aliphatic heterocycles. The molecular weight excluding hydrogens is 184 g/mol. The molecule has 0 aromatic carbocycles. The molecule has 64 valence electrons. The Hall–Kier alpha value is -0.960. The van der Waals surface area contributed by atoms with E-state index in [2.05, 4.69) is 4.98 Å². The van der Waals surface area contributed by atoms with Gasteiger partial charge in [0.25, 0.3) is 0 Å². The summed E-state index contributed by atoms with van der Waals surface area (Å²) in [6, 6.07) is 2.40. The first kappa shape index (κ1) is 9.13. The Morgan fingerprint density at radius 3 is 2.75 bits per heavy atom. The number of rotatable bonds is 2. The van der Waals surface area contributed by atoms with Crippen molar-refractivity contribution in [3.63, 3.8) is 0 Å². The predicted octanol–water partition coefficient (Wildman–Crippen LogP) is 2.61. The van der Waals surface area contributed by atoms with E-state index in [0.717, 1.165) is 6.07 Å². The zero-order valence-corrected chi connectivity index (χ0v) is 6.85. The second kappa shape index (κ2) is 4.16. The topological polar surface area (TPSA) is 12.9 Å². The summed E-state index contributed by atoms with van der Waals surface area (Å²) in [5, 5.41) is 0. The summed E-state index contributed by atoms with van der Waals surface area (Å²) < 4.78 is 25.0. The number of pyridine rings is 1. The Labute approximate surface area is 73.7 Å². The van der Waals surface area contributed by atoms with E-state index >= 15 is 0 Å². The molecule has 0 bridgehead atoms. The van der Waals surface area contributed by atoms with Gasteiger partial charge in [-0.15, -0.1) is 11.6 Å². The molecule has 0 aliphatic carbocycles. The maximum Gasteiger partial charge on any atom is 0.222 e. The van der Waals surface area contributed by atoms with Crippen LogP contribution >= 0.6 is 11.6 Å². The second-order valence-electron chi connectivity index (χ2n) is 2.07. The van der Waals surface area contributed by atoms with Crippen LogP contribution in [0.5, 0.6) is 0 Å². The number of nitrogens with zero attached hydrogens (tertiary/aromatic N) is 1. The van der Waals surface area contributed by atoms with Crippen LogP contribution in [0.25, 0.3) is 6.08 Å². The lowest BCUT2D eigenvalue weighted by Crippen LogP contribution is -1.90. The summed E-state index contributed by atoms with van der Waals surface area (Å²) in [4.78, 5) is 3.00. The van der Waals surface area contributed by atoms with Gasteiger partial charge in [0.2, 0.25) is 11.9 Å². The Morgan fingerprint density at radius 2 is 2.17 bits per heavy atom. The van der Waals surface area contributed by atoms with Crippen LogP contribution in [0.3, 0.4) is 0 Å². The minimum Gasteiger partial charge on any atom is -0.190 e. The van der Waals surface area contributed by atoms with Crippen LogP contribution in [0.15, 0.2) is 18.2 Å². The molecule has 0 aliphatic rings. The zero-order valence-electron chi connectivity index (χ0n) is 6.10. The molecule has 1 aromatic rings. The van der Waals surface area contributed by atoms with E-state index in [-0.39, 0.29) is 11.4 Å². The third kappa shape index (κ3) is 2.27. The molecule has 0 spiro atoms. The first-order valence-corrected chi connectivity index (χ1v) is 3.82. The third-order valence-electron chi connectivity index (χ3n) is 1.23. The minimum absolute atomic E-state index is 0.233. The van der Waals surface area contributed by atoms with E-state index in [9.17, 15) is 8.78 Å². The molecule has 0 amide bonds. The number of hydrogen-bond acceptors (Lipinski definition) is 1. The Morgan fingerprint density at radius 1 is 1.42 bits per heavy atom. The smallest absolute Gasteiger partial charge is 0.190 e. The minimum atomic E-state index is -0.824. The van der Waals surface area contributed by atoms with Gasteiger partial charge in [0, 0.05) is 11.4 Å². The molecule has 0 saturated carbocycles. The van der Waals surface area contributed by atoms with Crippen LogP contribution in [-0.2, 0) is 0 Å². The molecule has 4 heteroatoms. The average molecular weight is 190 g/mol. The van der Waals surface area contributed by atoms with Crippen molar-refractivity contribution in [3.05, 3.63) is 35.7 Å². The summed E-state index contributed by atoms with van der Waals surface area (Å²) >= 11 is 5.33. The largest absolute Gasteiger partial charge is 0.222 e. The highest BCUT2D eigenvalue weighted by Gasteiger charge is 2.00. The molecule has 0 N–H and O–H groups in total. The molecule has 0 saturated heterocycles. The fraction of sp³-hybridized carbons (Fsp3) is 0.125. The molecule has 1 heterocycles. The fourth-order valence-electron chi connectivity index (χ4n) is 0.719. The monoisotopic (exact) mass is 189 g/mol.